The van der Waals surface area contributed by atoms with Gasteiger partial charge in [-0.25, -0.2) is 4.79 Å². The molecule has 1 amide bonds. The Balaban J connectivity index is 1.82. The molecule has 1 heterocycles. The van der Waals surface area contributed by atoms with Gasteiger partial charge in [-0.1, -0.05) is 0 Å². The van der Waals surface area contributed by atoms with Crippen molar-refractivity contribution in [1.29, 1.82) is 0 Å². The van der Waals surface area contributed by atoms with E-state index in [0.29, 0.717) is 24.4 Å². The number of ketones is 1. The van der Waals surface area contributed by atoms with Gasteiger partial charge in [-0.3, -0.25) is 4.79 Å². The Hall–Kier alpha value is -2.08. The monoisotopic (exact) mass is 335 g/mol. The van der Waals surface area contributed by atoms with E-state index in [9.17, 15) is 9.59 Å². The van der Waals surface area contributed by atoms with Crippen LogP contribution < -0.4 is 4.74 Å². The van der Waals surface area contributed by atoms with Crippen molar-refractivity contribution in [2.24, 2.45) is 0 Å². The summed E-state index contributed by atoms with van der Waals surface area (Å²) in [6, 6.07) is 6.74. The van der Waals surface area contributed by atoms with Gasteiger partial charge in [0.2, 0.25) is 0 Å². The normalized spacial score (nSPS) is 15.9. The molecule has 0 aliphatic carbocycles. The molecule has 0 atom stereocenters. The molecule has 0 aromatic heterocycles. The highest BCUT2D eigenvalue weighted by molar-refractivity contribution is 5.96. The molecule has 1 aliphatic heterocycles. The zero-order valence-electron chi connectivity index (χ0n) is 14.4. The maximum Gasteiger partial charge on any atom is 0.410 e. The average Bonchev–Trinajstić information content (AvgIpc) is 2.54. The first-order chi connectivity index (χ1) is 11.3. The highest BCUT2D eigenvalue weighted by Crippen LogP contribution is 2.21. The number of piperidine rings is 1. The van der Waals surface area contributed by atoms with Crippen molar-refractivity contribution in [3.05, 3.63) is 29.8 Å². The van der Waals surface area contributed by atoms with Crippen molar-refractivity contribution in [3.8, 4) is 5.75 Å². The summed E-state index contributed by atoms with van der Waals surface area (Å²) in [5, 5.41) is 8.84. The minimum absolute atomic E-state index is 0.0306. The topological polar surface area (TPSA) is 76.1 Å². The van der Waals surface area contributed by atoms with Gasteiger partial charge in [0.15, 0.2) is 5.78 Å². The number of rotatable bonds is 4. The Kier molecular flexibility index (Phi) is 5.83. The third-order valence-electron chi connectivity index (χ3n) is 3.72. The highest BCUT2D eigenvalue weighted by Gasteiger charge is 2.27. The standard InChI is InChI=1S/C18H25NO5/c1-18(2,3)24-17(22)19-10-8-15(9-11-19)23-14-6-4-13(5-7-14)16(21)12-20/h4-7,15,20H,8-12H2,1-3H3. The first-order valence-electron chi connectivity index (χ1n) is 8.17. The molecule has 1 aromatic carbocycles. The van der Waals surface area contributed by atoms with E-state index in [1.165, 1.54) is 0 Å². The van der Waals surface area contributed by atoms with Gasteiger partial charge in [0.25, 0.3) is 0 Å². The zero-order chi connectivity index (χ0) is 17.7. The second-order valence-electron chi connectivity index (χ2n) is 6.89. The molecule has 1 aromatic rings. The molecule has 6 nitrogen and oxygen atoms in total. The van der Waals surface area contributed by atoms with Gasteiger partial charge in [0, 0.05) is 31.5 Å². The van der Waals surface area contributed by atoms with Crippen molar-refractivity contribution in [2.75, 3.05) is 19.7 Å². The van der Waals surface area contributed by atoms with Gasteiger partial charge in [0.05, 0.1) is 0 Å². The molecule has 1 fully saturated rings. The number of nitrogens with zero attached hydrogens (tertiary/aromatic N) is 1. The molecule has 0 bridgehead atoms. The summed E-state index contributed by atoms with van der Waals surface area (Å²) in [6.07, 6.45) is 1.21. The number of likely N-dealkylation sites (tertiary alicyclic amines) is 1. The van der Waals surface area contributed by atoms with Crippen molar-refractivity contribution < 1.29 is 24.2 Å². The predicted octanol–water partition coefficient (Wildman–Crippen LogP) is 2.64. The molecule has 1 N–H and O–H groups in total. The van der Waals surface area contributed by atoms with Gasteiger partial charge in [0.1, 0.15) is 24.1 Å². The van der Waals surface area contributed by atoms with E-state index in [0.717, 1.165) is 12.8 Å². The van der Waals surface area contributed by atoms with E-state index in [4.69, 9.17) is 14.6 Å². The molecule has 6 heteroatoms. The van der Waals surface area contributed by atoms with E-state index in [2.05, 4.69) is 0 Å². The number of hydrogen-bond acceptors (Lipinski definition) is 5. The molecule has 2 rings (SSSR count). The Morgan fingerprint density at radius 3 is 2.25 bits per heavy atom. The minimum atomic E-state index is -0.497. The lowest BCUT2D eigenvalue weighted by Gasteiger charge is -2.33. The van der Waals surface area contributed by atoms with Crippen LogP contribution in [0, 0.1) is 0 Å². The first kappa shape index (κ1) is 18.3. The number of aliphatic hydroxyl groups is 1. The SMILES string of the molecule is CC(C)(C)OC(=O)N1CCC(Oc2ccc(C(=O)CO)cc2)CC1. The number of aliphatic hydroxyl groups excluding tert-OH is 1. The lowest BCUT2D eigenvalue weighted by molar-refractivity contribution is 0.0126. The number of benzene rings is 1. The number of amides is 1. The van der Waals surface area contributed by atoms with Crippen LogP contribution in [-0.2, 0) is 4.74 Å². The Bertz CT molecular complexity index is 568. The summed E-state index contributed by atoms with van der Waals surface area (Å²) in [4.78, 5) is 25.1. The number of ether oxygens (including phenoxy) is 2. The fraction of sp³-hybridized carbons (Fsp3) is 0.556. The van der Waals surface area contributed by atoms with Crippen LogP contribution in [0.3, 0.4) is 0 Å². The average molecular weight is 335 g/mol. The van der Waals surface area contributed by atoms with Gasteiger partial charge < -0.3 is 19.5 Å². The summed E-state index contributed by atoms with van der Waals surface area (Å²) in [6.45, 7) is 6.26. The number of Topliss-reactive ketones (excluding diaryl/α,β-unsaturated/α-hetero) is 1. The van der Waals surface area contributed by atoms with E-state index in [1.807, 2.05) is 20.8 Å². The van der Waals surface area contributed by atoms with Gasteiger partial charge in [-0.05, 0) is 45.0 Å². The van der Waals surface area contributed by atoms with Crippen LogP contribution in [-0.4, -0.2) is 53.3 Å². The number of hydrogen-bond donors (Lipinski definition) is 1. The Labute approximate surface area is 142 Å². The molecule has 24 heavy (non-hydrogen) atoms. The lowest BCUT2D eigenvalue weighted by atomic mass is 10.1. The summed E-state index contributed by atoms with van der Waals surface area (Å²) in [5.41, 5.74) is -0.0253. The molecule has 0 saturated carbocycles. The molecule has 132 valence electrons. The third kappa shape index (κ3) is 5.23. The van der Waals surface area contributed by atoms with Crippen molar-refractivity contribution in [2.45, 2.75) is 45.3 Å². The van der Waals surface area contributed by atoms with Crippen LogP contribution in [0.4, 0.5) is 4.79 Å². The third-order valence-corrected chi connectivity index (χ3v) is 3.72. The summed E-state index contributed by atoms with van der Waals surface area (Å²) < 4.78 is 11.3. The largest absolute Gasteiger partial charge is 0.490 e. The molecule has 0 spiro atoms. The second kappa shape index (κ2) is 7.66. The van der Waals surface area contributed by atoms with Crippen molar-refractivity contribution >= 4 is 11.9 Å². The molecule has 0 unspecified atom stereocenters. The minimum Gasteiger partial charge on any atom is -0.490 e. The quantitative estimate of drug-likeness (QED) is 0.856. The van der Waals surface area contributed by atoms with Crippen LogP contribution in [0.5, 0.6) is 5.75 Å². The van der Waals surface area contributed by atoms with Crippen molar-refractivity contribution in [1.82, 2.24) is 4.90 Å². The van der Waals surface area contributed by atoms with Crippen LogP contribution >= 0.6 is 0 Å². The highest BCUT2D eigenvalue weighted by atomic mass is 16.6. The lowest BCUT2D eigenvalue weighted by Crippen LogP contribution is -2.44. The Morgan fingerprint density at radius 1 is 1.17 bits per heavy atom. The van der Waals surface area contributed by atoms with E-state index >= 15 is 0 Å². The fourth-order valence-corrected chi connectivity index (χ4v) is 2.49. The number of carbonyl (C=O) groups excluding carboxylic acids is 2. The van der Waals surface area contributed by atoms with Gasteiger partial charge >= 0.3 is 6.09 Å². The molecule has 1 aliphatic rings. The number of carbonyl (C=O) groups is 2. The summed E-state index contributed by atoms with van der Waals surface area (Å²) in [7, 11) is 0. The first-order valence-corrected chi connectivity index (χ1v) is 8.17. The predicted molar refractivity (Wildman–Crippen MR) is 89.3 cm³/mol. The van der Waals surface area contributed by atoms with Crippen LogP contribution in [0.2, 0.25) is 0 Å². The fourth-order valence-electron chi connectivity index (χ4n) is 2.49. The summed E-state index contributed by atoms with van der Waals surface area (Å²) in [5.74, 6) is 0.368. The van der Waals surface area contributed by atoms with Crippen LogP contribution in [0.25, 0.3) is 0 Å². The second-order valence-corrected chi connectivity index (χ2v) is 6.89. The maximum atomic E-state index is 12.0. The van der Waals surface area contributed by atoms with Gasteiger partial charge in [-0.15, -0.1) is 0 Å². The van der Waals surface area contributed by atoms with Crippen LogP contribution in [0.15, 0.2) is 24.3 Å². The zero-order valence-corrected chi connectivity index (χ0v) is 14.4. The maximum absolute atomic E-state index is 12.0. The van der Waals surface area contributed by atoms with Crippen LogP contribution in [0.1, 0.15) is 44.0 Å². The van der Waals surface area contributed by atoms with E-state index in [1.54, 1.807) is 29.2 Å². The molecular weight excluding hydrogens is 310 g/mol. The van der Waals surface area contributed by atoms with E-state index < -0.39 is 12.2 Å². The Morgan fingerprint density at radius 2 is 1.75 bits per heavy atom. The van der Waals surface area contributed by atoms with Crippen molar-refractivity contribution in [3.63, 3.8) is 0 Å². The molecule has 0 radical (unpaired) electrons. The smallest absolute Gasteiger partial charge is 0.410 e. The molecular formula is C18H25NO5. The summed E-state index contributed by atoms with van der Waals surface area (Å²) >= 11 is 0. The van der Waals surface area contributed by atoms with E-state index in [-0.39, 0.29) is 18.0 Å². The van der Waals surface area contributed by atoms with Gasteiger partial charge in [-0.2, -0.15) is 0 Å². The molecule has 1 saturated heterocycles.